The van der Waals surface area contributed by atoms with Crippen LogP contribution in [-0.4, -0.2) is 23.8 Å². The molecule has 0 radical (unpaired) electrons. The summed E-state index contributed by atoms with van der Waals surface area (Å²) in [6, 6.07) is 0. The van der Waals surface area contributed by atoms with Crippen LogP contribution in [0.4, 0.5) is 0 Å². The van der Waals surface area contributed by atoms with Crippen molar-refractivity contribution in [2.24, 2.45) is 5.41 Å². The van der Waals surface area contributed by atoms with E-state index in [0.717, 1.165) is 16.7 Å². The van der Waals surface area contributed by atoms with Gasteiger partial charge in [0.1, 0.15) is 17.1 Å². The second kappa shape index (κ2) is 9.72. The normalized spacial score (nSPS) is 15.9. The van der Waals surface area contributed by atoms with Gasteiger partial charge in [0.05, 0.1) is 12.5 Å². The molecule has 4 nitrogen and oxygen atoms in total. The summed E-state index contributed by atoms with van der Waals surface area (Å²) in [4.78, 5) is 25.9. The number of methoxy groups -OCH3 is 1. The summed E-state index contributed by atoms with van der Waals surface area (Å²) in [5.41, 5.74) is 2.58. The van der Waals surface area contributed by atoms with Gasteiger partial charge >= 0.3 is 0 Å². The van der Waals surface area contributed by atoms with Crippen molar-refractivity contribution in [3.63, 3.8) is 0 Å². The van der Waals surface area contributed by atoms with Crippen molar-refractivity contribution in [2.75, 3.05) is 7.11 Å². The molecule has 0 heterocycles. The quantitative estimate of drug-likeness (QED) is 0.415. The zero-order valence-electron chi connectivity index (χ0n) is 18.5. The van der Waals surface area contributed by atoms with Gasteiger partial charge in [-0.3, -0.25) is 9.59 Å². The summed E-state index contributed by atoms with van der Waals surface area (Å²) in [5, 5.41) is 10.8. The maximum Gasteiger partial charge on any atom is 0.184 e. The van der Waals surface area contributed by atoms with Crippen LogP contribution in [0.1, 0.15) is 67.7 Å². The van der Waals surface area contributed by atoms with Crippen molar-refractivity contribution >= 4 is 11.6 Å². The van der Waals surface area contributed by atoms with E-state index in [1.807, 2.05) is 59.8 Å². The molecule has 0 amide bonds. The van der Waals surface area contributed by atoms with E-state index in [1.54, 1.807) is 0 Å². The SMILES string of the molecule is COC1=C(CC=C(C)C)C(O)=C(C(C)=O)C(=O)C1(CC=C(C)C)CC=C(C)C. The summed E-state index contributed by atoms with van der Waals surface area (Å²) >= 11 is 0. The van der Waals surface area contributed by atoms with E-state index in [0.29, 0.717) is 30.6 Å². The lowest BCUT2D eigenvalue weighted by molar-refractivity contribution is -0.128. The Balaban J connectivity index is 3.88. The summed E-state index contributed by atoms with van der Waals surface area (Å²) in [6.07, 6.45) is 7.16. The molecule has 1 aliphatic carbocycles. The molecule has 0 aromatic carbocycles. The molecule has 0 aromatic heterocycles. The van der Waals surface area contributed by atoms with Crippen LogP contribution in [0.2, 0.25) is 0 Å². The van der Waals surface area contributed by atoms with Crippen LogP contribution in [-0.2, 0) is 14.3 Å². The van der Waals surface area contributed by atoms with Crippen LogP contribution >= 0.6 is 0 Å². The summed E-state index contributed by atoms with van der Waals surface area (Å²) in [7, 11) is 1.52. The van der Waals surface area contributed by atoms with Crippen LogP contribution < -0.4 is 0 Å². The van der Waals surface area contributed by atoms with Crippen molar-refractivity contribution < 1.29 is 19.4 Å². The molecule has 154 valence electrons. The van der Waals surface area contributed by atoms with Crippen LogP contribution in [0.5, 0.6) is 0 Å². The van der Waals surface area contributed by atoms with E-state index >= 15 is 0 Å². The number of carbonyl (C=O) groups excluding carboxylic acids is 2. The maximum absolute atomic E-state index is 13.6. The Kier molecular flexibility index (Phi) is 8.22. The number of aliphatic hydroxyl groups is 1. The predicted molar refractivity (Wildman–Crippen MR) is 114 cm³/mol. The fourth-order valence-corrected chi connectivity index (χ4v) is 3.35. The minimum atomic E-state index is -1.04. The van der Waals surface area contributed by atoms with Gasteiger partial charge in [0, 0.05) is 5.57 Å². The summed E-state index contributed by atoms with van der Waals surface area (Å²) < 4.78 is 5.75. The molecule has 28 heavy (non-hydrogen) atoms. The van der Waals surface area contributed by atoms with Crippen LogP contribution in [0, 0.1) is 5.41 Å². The first-order valence-corrected chi connectivity index (χ1v) is 9.65. The fourth-order valence-electron chi connectivity index (χ4n) is 3.35. The monoisotopic (exact) mass is 386 g/mol. The lowest BCUT2D eigenvalue weighted by atomic mass is 9.66. The molecule has 0 fully saturated rings. The minimum Gasteiger partial charge on any atom is -0.507 e. The van der Waals surface area contributed by atoms with Crippen molar-refractivity contribution in [3.8, 4) is 0 Å². The van der Waals surface area contributed by atoms with E-state index in [-0.39, 0.29) is 17.1 Å². The topological polar surface area (TPSA) is 63.6 Å². The van der Waals surface area contributed by atoms with Gasteiger partial charge in [-0.2, -0.15) is 0 Å². The molecule has 0 aliphatic heterocycles. The van der Waals surface area contributed by atoms with E-state index in [2.05, 4.69) is 0 Å². The number of aliphatic hydroxyl groups excluding tert-OH is 1. The number of carbonyl (C=O) groups is 2. The summed E-state index contributed by atoms with van der Waals surface area (Å²) in [6.45, 7) is 13.2. The highest BCUT2D eigenvalue weighted by Crippen LogP contribution is 2.48. The molecule has 1 aliphatic rings. The lowest BCUT2D eigenvalue weighted by Gasteiger charge is -2.37. The highest BCUT2D eigenvalue weighted by molar-refractivity contribution is 6.23. The van der Waals surface area contributed by atoms with Gasteiger partial charge in [-0.1, -0.05) is 34.9 Å². The first-order valence-electron chi connectivity index (χ1n) is 9.65. The van der Waals surface area contributed by atoms with Crippen molar-refractivity contribution in [1.29, 1.82) is 0 Å². The second-order valence-corrected chi connectivity index (χ2v) is 8.16. The first-order chi connectivity index (χ1) is 13.0. The number of ketones is 2. The van der Waals surface area contributed by atoms with E-state index in [1.165, 1.54) is 14.0 Å². The average molecular weight is 387 g/mol. The highest BCUT2D eigenvalue weighted by Gasteiger charge is 2.50. The van der Waals surface area contributed by atoms with Gasteiger partial charge in [0.2, 0.25) is 0 Å². The van der Waals surface area contributed by atoms with Gasteiger partial charge in [0.25, 0.3) is 0 Å². The molecule has 1 rings (SSSR count). The number of ether oxygens (including phenoxy) is 1. The van der Waals surface area contributed by atoms with Crippen LogP contribution in [0.15, 0.2) is 57.6 Å². The van der Waals surface area contributed by atoms with Gasteiger partial charge in [-0.15, -0.1) is 0 Å². The molecule has 4 heteroatoms. The van der Waals surface area contributed by atoms with Gasteiger partial charge < -0.3 is 9.84 Å². The zero-order chi connectivity index (χ0) is 21.6. The van der Waals surface area contributed by atoms with Gasteiger partial charge in [-0.25, -0.2) is 0 Å². The Labute approximate surface area is 169 Å². The third-order valence-electron chi connectivity index (χ3n) is 4.88. The number of rotatable bonds is 8. The molecule has 0 atom stereocenters. The van der Waals surface area contributed by atoms with Crippen LogP contribution in [0.3, 0.4) is 0 Å². The van der Waals surface area contributed by atoms with Gasteiger partial charge in [-0.05, 0) is 67.7 Å². The smallest absolute Gasteiger partial charge is 0.184 e. The third kappa shape index (κ3) is 5.12. The first kappa shape index (κ1) is 23.7. The lowest BCUT2D eigenvalue weighted by Crippen LogP contribution is -2.41. The third-order valence-corrected chi connectivity index (χ3v) is 4.88. The molecule has 0 spiro atoms. The molecule has 1 N–H and O–H groups in total. The fraction of sp³-hybridized carbons (Fsp3) is 0.500. The number of Topliss-reactive ketones (excluding diaryl/α,β-unsaturated/α-hetero) is 2. The largest absolute Gasteiger partial charge is 0.507 e. The van der Waals surface area contributed by atoms with Gasteiger partial charge in [0.15, 0.2) is 11.6 Å². The van der Waals surface area contributed by atoms with E-state index < -0.39 is 11.2 Å². The molecular formula is C24H34O4. The molecule has 0 saturated carbocycles. The van der Waals surface area contributed by atoms with Crippen molar-refractivity contribution in [1.82, 2.24) is 0 Å². The number of allylic oxidation sites excluding steroid dienone is 9. The number of hydrogen-bond donors (Lipinski definition) is 1. The highest BCUT2D eigenvalue weighted by atomic mass is 16.5. The Hall–Kier alpha value is -2.36. The standard InChI is InChI=1S/C24H34O4/c1-15(2)9-10-19-21(26)20(18(7)25)22(27)24(23(19)28-8,13-11-16(3)4)14-12-17(5)6/h9,11-12,26H,10,13-14H2,1-8H3. The minimum absolute atomic E-state index is 0.123. The Morgan fingerprint density at radius 2 is 1.39 bits per heavy atom. The average Bonchev–Trinajstić information content (AvgIpc) is 2.58. The number of hydrogen-bond acceptors (Lipinski definition) is 4. The Morgan fingerprint density at radius 1 is 0.929 bits per heavy atom. The molecular weight excluding hydrogens is 352 g/mol. The molecule has 0 bridgehead atoms. The second-order valence-electron chi connectivity index (χ2n) is 8.16. The van der Waals surface area contributed by atoms with Crippen molar-refractivity contribution in [3.05, 3.63) is 57.6 Å². The molecule has 0 saturated heterocycles. The van der Waals surface area contributed by atoms with E-state index in [9.17, 15) is 14.7 Å². The maximum atomic E-state index is 13.6. The Bertz CT molecular complexity index is 768. The van der Waals surface area contributed by atoms with Crippen LogP contribution in [0.25, 0.3) is 0 Å². The van der Waals surface area contributed by atoms with E-state index in [4.69, 9.17) is 4.74 Å². The molecule has 0 unspecified atom stereocenters. The zero-order valence-corrected chi connectivity index (χ0v) is 18.5. The molecule has 0 aromatic rings. The van der Waals surface area contributed by atoms with Crippen molar-refractivity contribution in [2.45, 2.75) is 67.7 Å². The summed E-state index contributed by atoms with van der Waals surface area (Å²) in [5.74, 6) is -0.596. The predicted octanol–water partition coefficient (Wildman–Crippen LogP) is 5.93. The Morgan fingerprint density at radius 3 is 1.75 bits per heavy atom.